The molecule has 0 unspecified atom stereocenters. The summed E-state index contributed by atoms with van der Waals surface area (Å²) in [6, 6.07) is 0.629. The van der Waals surface area contributed by atoms with E-state index in [1.807, 2.05) is 6.92 Å². The van der Waals surface area contributed by atoms with Crippen molar-refractivity contribution in [3.05, 3.63) is 23.8 Å². The molecule has 5 heteroatoms. The lowest BCUT2D eigenvalue weighted by Crippen LogP contribution is -2.42. The molecule has 1 N–H and O–H groups in total. The van der Waals surface area contributed by atoms with Gasteiger partial charge in [0.1, 0.15) is 5.69 Å². The highest BCUT2D eigenvalue weighted by Gasteiger charge is 2.17. The van der Waals surface area contributed by atoms with Crippen molar-refractivity contribution in [1.82, 2.24) is 20.2 Å². The van der Waals surface area contributed by atoms with Crippen molar-refractivity contribution in [2.24, 2.45) is 0 Å². The van der Waals surface area contributed by atoms with Crippen LogP contribution in [0.3, 0.4) is 0 Å². The highest BCUT2D eigenvalue weighted by atomic mass is 16.1. The first-order valence-electron chi connectivity index (χ1n) is 6.97. The SMILES string of the molecule is Cc1cnc(C(=O)NCCN2CCCC[C@@H]2C)cn1. The van der Waals surface area contributed by atoms with E-state index >= 15 is 0 Å². The zero-order valence-corrected chi connectivity index (χ0v) is 11.7. The largest absolute Gasteiger partial charge is 0.349 e. The van der Waals surface area contributed by atoms with E-state index < -0.39 is 0 Å². The van der Waals surface area contributed by atoms with Crippen molar-refractivity contribution in [3.8, 4) is 0 Å². The summed E-state index contributed by atoms with van der Waals surface area (Å²) in [4.78, 5) is 22.4. The van der Waals surface area contributed by atoms with Crippen molar-refractivity contribution in [3.63, 3.8) is 0 Å². The zero-order chi connectivity index (χ0) is 13.7. The molecule has 0 spiro atoms. The molecule has 104 valence electrons. The summed E-state index contributed by atoms with van der Waals surface area (Å²) in [6.45, 7) is 6.82. The fraction of sp³-hybridized carbons (Fsp3) is 0.643. The van der Waals surface area contributed by atoms with Crippen LogP contribution >= 0.6 is 0 Å². The van der Waals surface area contributed by atoms with Crippen LogP contribution in [-0.2, 0) is 0 Å². The minimum Gasteiger partial charge on any atom is -0.349 e. The Morgan fingerprint density at radius 3 is 2.95 bits per heavy atom. The van der Waals surface area contributed by atoms with E-state index in [-0.39, 0.29) is 5.91 Å². The molecule has 5 nitrogen and oxygen atoms in total. The highest BCUT2D eigenvalue weighted by molar-refractivity contribution is 5.91. The maximum Gasteiger partial charge on any atom is 0.271 e. The van der Waals surface area contributed by atoms with Crippen LogP contribution in [-0.4, -0.2) is 46.5 Å². The number of hydrogen-bond acceptors (Lipinski definition) is 4. The Bertz CT molecular complexity index is 418. The number of carbonyl (C=O) groups excluding carboxylic acids is 1. The molecule has 1 fully saturated rings. The average molecular weight is 262 g/mol. The molecule has 0 bridgehead atoms. The van der Waals surface area contributed by atoms with Crippen LogP contribution in [0.15, 0.2) is 12.4 Å². The number of nitrogens with one attached hydrogen (secondary N) is 1. The van der Waals surface area contributed by atoms with Gasteiger partial charge in [-0.3, -0.25) is 14.7 Å². The van der Waals surface area contributed by atoms with Gasteiger partial charge in [-0.1, -0.05) is 6.42 Å². The summed E-state index contributed by atoms with van der Waals surface area (Å²) in [5, 5.41) is 2.90. The molecule has 19 heavy (non-hydrogen) atoms. The van der Waals surface area contributed by atoms with E-state index in [1.54, 1.807) is 6.20 Å². The number of aromatic nitrogens is 2. The van der Waals surface area contributed by atoms with Crippen molar-refractivity contribution in [2.45, 2.75) is 39.2 Å². The zero-order valence-electron chi connectivity index (χ0n) is 11.7. The second-order valence-corrected chi connectivity index (χ2v) is 5.18. The number of likely N-dealkylation sites (tertiary alicyclic amines) is 1. The predicted molar refractivity (Wildman–Crippen MR) is 74.0 cm³/mol. The molecule has 1 aliphatic rings. The minimum absolute atomic E-state index is 0.142. The summed E-state index contributed by atoms with van der Waals surface area (Å²) in [5.41, 5.74) is 1.20. The number of piperidine rings is 1. The van der Waals surface area contributed by atoms with Gasteiger partial charge in [0.15, 0.2) is 0 Å². The van der Waals surface area contributed by atoms with Crippen LogP contribution in [0.4, 0.5) is 0 Å². The summed E-state index contributed by atoms with van der Waals surface area (Å²) >= 11 is 0. The summed E-state index contributed by atoms with van der Waals surface area (Å²) < 4.78 is 0. The standard InChI is InChI=1S/C14H22N4O/c1-11-9-17-13(10-16-11)14(19)15-6-8-18-7-4-3-5-12(18)2/h9-10,12H,3-8H2,1-2H3,(H,15,19)/t12-/m0/s1. The Kier molecular flexibility index (Phi) is 4.85. The molecule has 1 saturated heterocycles. The van der Waals surface area contributed by atoms with Crippen molar-refractivity contribution in [2.75, 3.05) is 19.6 Å². The Balaban J connectivity index is 1.76. The second-order valence-electron chi connectivity index (χ2n) is 5.18. The molecule has 0 saturated carbocycles. The van der Waals surface area contributed by atoms with Gasteiger partial charge < -0.3 is 5.32 Å². The van der Waals surface area contributed by atoms with Gasteiger partial charge in [-0.05, 0) is 33.2 Å². The normalized spacial score (nSPS) is 20.2. The Morgan fingerprint density at radius 2 is 2.26 bits per heavy atom. The Hall–Kier alpha value is -1.49. The third kappa shape index (κ3) is 3.99. The van der Waals surface area contributed by atoms with Crippen molar-refractivity contribution < 1.29 is 4.79 Å². The minimum atomic E-state index is -0.142. The molecule has 2 rings (SSSR count). The lowest BCUT2D eigenvalue weighted by molar-refractivity contribution is 0.0933. The maximum absolute atomic E-state index is 11.8. The molecular weight excluding hydrogens is 240 g/mol. The molecule has 1 aromatic heterocycles. The first kappa shape index (κ1) is 13.9. The molecule has 1 amide bonds. The molecule has 1 aromatic rings. The smallest absolute Gasteiger partial charge is 0.271 e. The molecule has 1 aliphatic heterocycles. The fourth-order valence-corrected chi connectivity index (χ4v) is 2.40. The molecule has 1 atom stereocenters. The Labute approximate surface area is 114 Å². The van der Waals surface area contributed by atoms with E-state index in [1.165, 1.54) is 25.5 Å². The highest BCUT2D eigenvalue weighted by Crippen LogP contribution is 2.15. The fourth-order valence-electron chi connectivity index (χ4n) is 2.40. The first-order valence-corrected chi connectivity index (χ1v) is 6.97. The van der Waals surface area contributed by atoms with Crippen LogP contribution in [0.5, 0.6) is 0 Å². The Morgan fingerprint density at radius 1 is 1.42 bits per heavy atom. The number of aryl methyl sites for hydroxylation is 1. The van der Waals surface area contributed by atoms with Gasteiger partial charge >= 0.3 is 0 Å². The number of hydrogen-bond donors (Lipinski definition) is 1. The quantitative estimate of drug-likeness (QED) is 0.891. The van der Waals surface area contributed by atoms with Gasteiger partial charge in [-0.25, -0.2) is 4.98 Å². The lowest BCUT2D eigenvalue weighted by Gasteiger charge is -2.33. The second kappa shape index (κ2) is 6.61. The third-order valence-electron chi connectivity index (χ3n) is 3.64. The van der Waals surface area contributed by atoms with Gasteiger partial charge in [-0.2, -0.15) is 0 Å². The molecule has 0 aromatic carbocycles. The van der Waals surface area contributed by atoms with Crippen LogP contribution in [0.1, 0.15) is 42.4 Å². The monoisotopic (exact) mass is 262 g/mol. The van der Waals surface area contributed by atoms with Gasteiger partial charge in [0.2, 0.25) is 0 Å². The van der Waals surface area contributed by atoms with E-state index in [0.29, 0.717) is 18.3 Å². The van der Waals surface area contributed by atoms with Crippen LogP contribution in [0.25, 0.3) is 0 Å². The molecule has 2 heterocycles. The summed E-state index contributed by atoms with van der Waals surface area (Å²) in [6.07, 6.45) is 6.98. The first-order chi connectivity index (χ1) is 9.16. The van der Waals surface area contributed by atoms with Crippen LogP contribution in [0.2, 0.25) is 0 Å². The molecule has 0 aliphatic carbocycles. The van der Waals surface area contributed by atoms with Gasteiger partial charge in [-0.15, -0.1) is 0 Å². The van der Waals surface area contributed by atoms with E-state index in [9.17, 15) is 4.79 Å². The maximum atomic E-state index is 11.8. The van der Waals surface area contributed by atoms with Gasteiger partial charge in [0.05, 0.1) is 11.9 Å². The third-order valence-corrected chi connectivity index (χ3v) is 3.64. The van der Waals surface area contributed by atoms with E-state index in [2.05, 4.69) is 27.1 Å². The number of nitrogens with zero attached hydrogens (tertiary/aromatic N) is 3. The average Bonchev–Trinajstić information content (AvgIpc) is 2.41. The topological polar surface area (TPSA) is 58.1 Å². The van der Waals surface area contributed by atoms with Crippen molar-refractivity contribution in [1.29, 1.82) is 0 Å². The summed E-state index contributed by atoms with van der Waals surface area (Å²) in [7, 11) is 0. The predicted octanol–water partition coefficient (Wildman–Crippen LogP) is 1.39. The van der Waals surface area contributed by atoms with Crippen molar-refractivity contribution >= 4 is 5.91 Å². The number of carbonyl (C=O) groups is 1. The molecular formula is C14H22N4O. The van der Waals surface area contributed by atoms with Gasteiger partial charge in [0, 0.05) is 25.3 Å². The number of amides is 1. The van der Waals surface area contributed by atoms with E-state index in [0.717, 1.165) is 18.8 Å². The number of rotatable bonds is 4. The molecule has 0 radical (unpaired) electrons. The van der Waals surface area contributed by atoms with Crippen LogP contribution in [0, 0.1) is 6.92 Å². The van der Waals surface area contributed by atoms with Gasteiger partial charge in [0.25, 0.3) is 5.91 Å². The lowest BCUT2D eigenvalue weighted by atomic mass is 10.0. The van der Waals surface area contributed by atoms with E-state index in [4.69, 9.17) is 0 Å². The summed E-state index contributed by atoms with van der Waals surface area (Å²) in [5.74, 6) is -0.142. The van der Waals surface area contributed by atoms with Crippen LogP contribution < -0.4 is 5.32 Å².